The molecule has 3 N–H and O–H groups in total. The lowest BCUT2D eigenvalue weighted by atomic mass is 10.1. The van der Waals surface area contributed by atoms with Crippen LogP contribution in [0.3, 0.4) is 0 Å². The minimum Gasteiger partial charge on any atom is -0.491 e. The summed E-state index contributed by atoms with van der Waals surface area (Å²) >= 11 is 0. The zero-order valence-corrected chi connectivity index (χ0v) is 20.5. The van der Waals surface area contributed by atoms with Crippen LogP contribution in [0.15, 0.2) is 53.7 Å². The summed E-state index contributed by atoms with van der Waals surface area (Å²) < 4.78 is 7.68. The first-order valence-electron chi connectivity index (χ1n) is 10.3. The molecule has 0 radical (unpaired) electrons. The van der Waals surface area contributed by atoms with Gasteiger partial charge in [0.2, 0.25) is 0 Å². The summed E-state index contributed by atoms with van der Waals surface area (Å²) in [5, 5.41) is 25.5. The minimum absolute atomic E-state index is 0. The lowest BCUT2D eigenvalue weighted by Crippen LogP contribution is -2.38. The molecule has 3 rings (SSSR count). The van der Waals surface area contributed by atoms with Gasteiger partial charge in [0.1, 0.15) is 11.6 Å². The van der Waals surface area contributed by atoms with E-state index in [0.29, 0.717) is 18.9 Å². The van der Waals surface area contributed by atoms with E-state index in [0.717, 1.165) is 29.3 Å². The molecule has 0 aliphatic heterocycles. The fourth-order valence-electron chi connectivity index (χ4n) is 3.05. The monoisotopic (exact) mass is 538 g/mol. The number of aliphatic hydroxyl groups is 1. The smallest absolute Gasteiger partial charge is 0.191 e. The minimum atomic E-state index is -0.711. The standard InChI is InChI=1S/C22H30N6O2.HI/c1-4-23-22(24-12-11-21-27-26-20-10-5-6-13-28(20)21)25-15-19(29)17-8-7-9-18(14-17)30-16(2)3;/h5-10,13-14,16,19,29H,4,11-12,15H2,1-3H3,(H2,23,24,25);1H. The maximum atomic E-state index is 10.6. The number of aromatic nitrogens is 3. The highest BCUT2D eigenvalue weighted by molar-refractivity contribution is 14.0. The first kappa shape index (κ1) is 24.9. The van der Waals surface area contributed by atoms with Crippen LogP contribution >= 0.6 is 24.0 Å². The molecule has 0 fully saturated rings. The number of rotatable bonds is 9. The van der Waals surface area contributed by atoms with Crippen molar-refractivity contribution in [2.75, 3.05) is 19.6 Å². The molecule has 0 aliphatic carbocycles. The number of ether oxygens (including phenoxy) is 1. The maximum absolute atomic E-state index is 10.6. The Labute approximate surface area is 200 Å². The predicted octanol–water partition coefficient (Wildman–Crippen LogP) is 2.97. The fraction of sp³-hybridized carbons (Fsp3) is 0.409. The van der Waals surface area contributed by atoms with E-state index in [9.17, 15) is 5.11 Å². The highest BCUT2D eigenvalue weighted by atomic mass is 127. The van der Waals surface area contributed by atoms with E-state index < -0.39 is 6.10 Å². The van der Waals surface area contributed by atoms with Crippen LogP contribution in [-0.2, 0) is 6.42 Å². The molecule has 3 aromatic rings. The largest absolute Gasteiger partial charge is 0.491 e. The number of halogens is 1. The van der Waals surface area contributed by atoms with E-state index in [1.165, 1.54) is 0 Å². The quantitative estimate of drug-likeness (QED) is 0.220. The summed E-state index contributed by atoms with van der Waals surface area (Å²) in [6.07, 6.45) is 2.03. The zero-order valence-electron chi connectivity index (χ0n) is 18.2. The number of guanidine groups is 1. The summed E-state index contributed by atoms with van der Waals surface area (Å²) in [6.45, 7) is 7.58. The van der Waals surface area contributed by atoms with Crippen molar-refractivity contribution < 1.29 is 9.84 Å². The average molecular weight is 538 g/mol. The van der Waals surface area contributed by atoms with Crippen molar-refractivity contribution in [2.24, 2.45) is 4.99 Å². The molecule has 1 atom stereocenters. The number of hydrogen-bond donors (Lipinski definition) is 3. The van der Waals surface area contributed by atoms with Gasteiger partial charge in [-0.05, 0) is 50.6 Å². The Balaban J connectivity index is 0.00000341. The fourth-order valence-corrected chi connectivity index (χ4v) is 3.05. The van der Waals surface area contributed by atoms with Crippen molar-refractivity contribution in [3.05, 3.63) is 60.0 Å². The van der Waals surface area contributed by atoms with Gasteiger partial charge in [0.05, 0.1) is 18.8 Å². The molecule has 2 heterocycles. The van der Waals surface area contributed by atoms with Gasteiger partial charge in [-0.25, -0.2) is 0 Å². The summed E-state index contributed by atoms with van der Waals surface area (Å²) in [7, 11) is 0. The van der Waals surface area contributed by atoms with Gasteiger partial charge in [0.25, 0.3) is 0 Å². The van der Waals surface area contributed by atoms with Gasteiger partial charge >= 0.3 is 0 Å². The molecule has 9 heteroatoms. The highest BCUT2D eigenvalue weighted by Crippen LogP contribution is 2.20. The molecule has 2 aromatic heterocycles. The topological polar surface area (TPSA) is 96.1 Å². The first-order valence-corrected chi connectivity index (χ1v) is 10.3. The Morgan fingerprint density at radius 1 is 1.16 bits per heavy atom. The molecule has 0 aliphatic rings. The Kier molecular flexibility index (Phi) is 9.99. The molecule has 0 saturated heterocycles. The van der Waals surface area contributed by atoms with E-state index in [4.69, 9.17) is 4.74 Å². The second kappa shape index (κ2) is 12.5. The van der Waals surface area contributed by atoms with Gasteiger partial charge in [-0.15, -0.1) is 34.2 Å². The molecule has 31 heavy (non-hydrogen) atoms. The number of pyridine rings is 1. The Morgan fingerprint density at radius 3 is 2.77 bits per heavy atom. The lowest BCUT2D eigenvalue weighted by molar-refractivity contribution is 0.185. The molecular formula is C22H31IN6O2. The van der Waals surface area contributed by atoms with E-state index in [1.54, 1.807) is 0 Å². The molecule has 1 unspecified atom stereocenters. The Morgan fingerprint density at radius 2 is 2.00 bits per heavy atom. The van der Waals surface area contributed by atoms with Crippen molar-refractivity contribution in [2.45, 2.75) is 39.4 Å². The Hall–Kier alpha value is -2.40. The molecule has 0 amide bonds. The highest BCUT2D eigenvalue weighted by Gasteiger charge is 2.10. The third kappa shape index (κ3) is 7.35. The summed E-state index contributed by atoms with van der Waals surface area (Å²) in [4.78, 5) is 4.52. The van der Waals surface area contributed by atoms with Crippen molar-refractivity contribution in [3.8, 4) is 5.75 Å². The van der Waals surface area contributed by atoms with E-state index >= 15 is 0 Å². The van der Waals surface area contributed by atoms with E-state index in [2.05, 4.69) is 25.8 Å². The second-order valence-corrected chi connectivity index (χ2v) is 7.20. The van der Waals surface area contributed by atoms with Crippen molar-refractivity contribution >= 4 is 35.6 Å². The number of nitrogens with zero attached hydrogens (tertiary/aromatic N) is 4. The number of fused-ring (bicyclic) bond motifs is 1. The number of benzene rings is 1. The van der Waals surface area contributed by atoms with Gasteiger partial charge < -0.3 is 20.5 Å². The van der Waals surface area contributed by atoms with Crippen LogP contribution in [0.4, 0.5) is 0 Å². The predicted molar refractivity (Wildman–Crippen MR) is 133 cm³/mol. The van der Waals surface area contributed by atoms with E-state index in [1.807, 2.05) is 73.8 Å². The number of aliphatic hydroxyl groups excluding tert-OH is 1. The maximum Gasteiger partial charge on any atom is 0.191 e. The molecule has 0 spiro atoms. The van der Waals surface area contributed by atoms with Crippen LogP contribution in [0.5, 0.6) is 5.75 Å². The van der Waals surface area contributed by atoms with E-state index in [-0.39, 0.29) is 36.6 Å². The second-order valence-electron chi connectivity index (χ2n) is 7.20. The Bertz CT molecular complexity index is 975. The third-order valence-electron chi connectivity index (χ3n) is 4.41. The van der Waals surface area contributed by atoms with Crippen LogP contribution in [0.1, 0.15) is 38.3 Å². The third-order valence-corrected chi connectivity index (χ3v) is 4.41. The van der Waals surface area contributed by atoms with Crippen LogP contribution in [0, 0.1) is 0 Å². The molecule has 168 valence electrons. The summed E-state index contributed by atoms with van der Waals surface area (Å²) in [6, 6.07) is 13.3. The molecule has 1 aromatic carbocycles. The number of nitrogens with one attached hydrogen (secondary N) is 2. The number of hydrogen-bond acceptors (Lipinski definition) is 5. The first-order chi connectivity index (χ1) is 14.6. The van der Waals surface area contributed by atoms with Crippen LogP contribution in [-0.4, -0.2) is 51.4 Å². The molecule has 0 bridgehead atoms. The summed E-state index contributed by atoms with van der Waals surface area (Å²) in [5.41, 5.74) is 1.61. The SMILES string of the molecule is CCNC(=NCC(O)c1cccc(OC(C)C)c1)NCCc1nnc2ccccn12.I. The molecular weight excluding hydrogens is 507 g/mol. The zero-order chi connectivity index (χ0) is 21.3. The molecule has 8 nitrogen and oxygen atoms in total. The van der Waals surface area contributed by atoms with Crippen molar-refractivity contribution in [1.29, 1.82) is 0 Å². The lowest BCUT2D eigenvalue weighted by Gasteiger charge is -2.15. The molecule has 0 saturated carbocycles. The van der Waals surface area contributed by atoms with Gasteiger partial charge in [-0.1, -0.05) is 18.2 Å². The van der Waals surface area contributed by atoms with Crippen molar-refractivity contribution in [1.82, 2.24) is 25.2 Å². The number of aliphatic imine (C=N–C) groups is 1. The average Bonchev–Trinajstić information content (AvgIpc) is 3.14. The van der Waals surface area contributed by atoms with Gasteiger partial charge in [-0.3, -0.25) is 9.39 Å². The normalized spacial score (nSPS) is 12.5. The van der Waals surface area contributed by atoms with Crippen LogP contribution in [0.2, 0.25) is 0 Å². The van der Waals surface area contributed by atoms with Gasteiger partial charge in [0, 0.05) is 25.7 Å². The van der Waals surface area contributed by atoms with Gasteiger partial charge in [0.15, 0.2) is 11.6 Å². The van der Waals surface area contributed by atoms with Crippen LogP contribution in [0.25, 0.3) is 5.65 Å². The van der Waals surface area contributed by atoms with Crippen LogP contribution < -0.4 is 15.4 Å². The van der Waals surface area contributed by atoms with Crippen molar-refractivity contribution in [3.63, 3.8) is 0 Å². The summed E-state index contributed by atoms with van der Waals surface area (Å²) in [5.74, 6) is 2.28. The van der Waals surface area contributed by atoms with Gasteiger partial charge in [-0.2, -0.15) is 0 Å².